The number of nitrogens with zero attached hydrogens (tertiary/aromatic N) is 2. The van der Waals surface area contributed by atoms with Crippen molar-refractivity contribution in [3.8, 4) is 0 Å². The van der Waals surface area contributed by atoms with Gasteiger partial charge in [0.25, 0.3) is 5.91 Å². The van der Waals surface area contributed by atoms with Crippen LogP contribution in [0.5, 0.6) is 0 Å². The van der Waals surface area contributed by atoms with Crippen LogP contribution in [0.2, 0.25) is 0 Å². The van der Waals surface area contributed by atoms with Gasteiger partial charge in [0.05, 0.1) is 29.2 Å². The molecule has 0 radical (unpaired) electrons. The van der Waals surface area contributed by atoms with Gasteiger partial charge in [-0.3, -0.25) is 9.59 Å². The van der Waals surface area contributed by atoms with Crippen molar-refractivity contribution in [2.45, 2.75) is 18.6 Å². The van der Waals surface area contributed by atoms with Gasteiger partial charge in [-0.15, -0.1) is 0 Å². The van der Waals surface area contributed by atoms with Gasteiger partial charge in [-0.1, -0.05) is 0 Å². The van der Waals surface area contributed by atoms with E-state index >= 15 is 0 Å². The van der Waals surface area contributed by atoms with Crippen molar-refractivity contribution in [3.63, 3.8) is 0 Å². The number of nitrogens with one attached hydrogen (secondary N) is 4. The number of carbonyl (C=O) groups excluding carboxylic acids is 1. The maximum atomic E-state index is 13.7. The van der Waals surface area contributed by atoms with Gasteiger partial charge in [-0.05, 0) is 23.8 Å². The molecule has 154 valence electrons. The van der Waals surface area contributed by atoms with Crippen molar-refractivity contribution in [3.05, 3.63) is 69.5 Å². The van der Waals surface area contributed by atoms with E-state index in [4.69, 9.17) is 10.8 Å². The van der Waals surface area contributed by atoms with Gasteiger partial charge in [-0.2, -0.15) is 13.2 Å². The highest BCUT2D eigenvalue weighted by molar-refractivity contribution is 5.96. The molecule has 0 atom stereocenters. The first-order valence-electron chi connectivity index (χ1n) is 8.57. The summed E-state index contributed by atoms with van der Waals surface area (Å²) in [6.45, 7) is -0.00711. The summed E-state index contributed by atoms with van der Waals surface area (Å²) in [7, 11) is 0. The Kier molecular flexibility index (Phi) is 5.72. The summed E-state index contributed by atoms with van der Waals surface area (Å²) in [6.07, 6.45) is -0.478. The molecule has 1 amide bonds. The zero-order chi connectivity index (χ0) is 21.9. The number of benzene rings is 1. The molecule has 0 bridgehead atoms. The first kappa shape index (κ1) is 20.8. The number of hydrogen-bond donors (Lipinski definition) is 4. The number of rotatable bonds is 6. The summed E-state index contributed by atoms with van der Waals surface area (Å²) < 4.78 is 41.0. The van der Waals surface area contributed by atoms with Crippen LogP contribution in [0.25, 0.3) is 10.9 Å². The van der Waals surface area contributed by atoms with Crippen molar-refractivity contribution in [2.24, 2.45) is 0 Å². The normalized spacial score (nSPS) is 12.4. The zero-order valence-electron chi connectivity index (χ0n) is 15.2. The molecule has 0 fully saturated rings. The van der Waals surface area contributed by atoms with E-state index in [9.17, 15) is 22.8 Å². The van der Waals surface area contributed by atoms with E-state index in [-0.39, 0.29) is 23.2 Å². The highest BCUT2D eigenvalue weighted by Gasteiger charge is 2.34. The predicted molar refractivity (Wildman–Crippen MR) is 103 cm³/mol. The van der Waals surface area contributed by atoms with Crippen LogP contribution in [-0.4, -0.2) is 33.3 Å². The van der Waals surface area contributed by atoms with Gasteiger partial charge in [0, 0.05) is 30.1 Å². The van der Waals surface area contributed by atoms with Crippen molar-refractivity contribution in [1.29, 1.82) is 10.8 Å². The van der Waals surface area contributed by atoms with Crippen molar-refractivity contribution >= 4 is 29.2 Å². The van der Waals surface area contributed by atoms with E-state index in [0.717, 1.165) is 24.6 Å². The number of fused-ring (bicyclic) bond motifs is 1. The average molecular weight is 416 g/mol. The summed E-state index contributed by atoms with van der Waals surface area (Å²) >= 11 is 0. The third kappa shape index (κ3) is 4.24. The third-order valence-corrected chi connectivity index (χ3v) is 4.33. The Hall–Kier alpha value is -3.89. The van der Waals surface area contributed by atoms with Crippen molar-refractivity contribution < 1.29 is 18.0 Å². The molecule has 1 aromatic carbocycles. The van der Waals surface area contributed by atoms with E-state index < -0.39 is 34.5 Å². The lowest BCUT2D eigenvalue weighted by Gasteiger charge is -2.15. The highest BCUT2D eigenvalue weighted by Crippen LogP contribution is 2.35. The fourth-order valence-corrected chi connectivity index (χ4v) is 2.84. The fourth-order valence-electron chi connectivity index (χ4n) is 2.84. The highest BCUT2D eigenvalue weighted by atomic mass is 19.4. The number of H-pyrrole nitrogens is 1. The molecule has 0 saturated heterocycles. The van der Waals surface area contributed by atoms with Crippen molar-refractivity contribution in [2.75, 3.05) is 0 Å². The minimum absolute atomic E-state index is 0.00711. The molecule has 0 aliphatic carbocycles. The number of amides is 1. The standard InChI is InChI=1S/C19H15F3N6O2/c20-19(21,22)14-4-10(11(6-23)7-24)3-13-16(29)5-15(28-17(13)14)18(30)26-8-12-1-2-25-9-27-12/h1-7,9,11,23-24H,8H2,(H,26,30)(H,28,29). The van der Waals surface area contributed by atoms with Crippen LogP contribution in [0.4, 0.5) is 13.2 Å². The van der Waals surface area contributed by atoms with Crippen molar-refractivity contribution in [1.82, 2.24) is 20.3 Å². The van der Waals surface area contributed by atoms with Crippen LogP contribution in [0.1, 0.15) is 33.2 Å². The Morgan fingerprint density at radius 2 is 1.97 bits per heavy atom. The quantitative estimate of drug-likeness (QED) is 0.459. The van der Waals surface area contributed by atoms with Gasteiger partial charge in [-0.25, -0.2) is 9.97 Å². The van der Waals surface area contributed by atoms with Gasteiger partial charge in [0.2, 0.25) is 0 Å². The van der Waals surface area contributed by atoms with E-state index in [1.54, 1.807) is 6.07 Å². The maximum Gasteiger partial charge on any atom is 0.418 e. The van der Waals surface area contributed by atoms with E-state index in [2.05, 4.69) is 20.3 Å². The first-order valence-corrected chi connectivity index (χ1v) is 8.57. The molecule has 0 aliphatic rings. The van der Waals surface area contributed by atoms with Crippen LogP contribution < -0.4 is 10.7 Å². The van der Waals surface area contributed by atoms with Crippen LogP contribution in [0.3, 0.4) is 0 Å². The summed E-state index contributed by atoms with van der Waals surface area (Å²) in [5, 5.41) is 16.8. The van der Waals surface area contributed by atoms with Gasteiger partial charge < -0.3 is 21.1 Å². The zero-order valence-corrected chi connectivity index (χ0v) is 15.2. The van der Waals surface area contributed by atoms with Gasteiger partial charge >= 0.3 is 6.18 Å². The second kappa shape index (κ2) is 8.23. The monoisotopic (exact) mass is 416 g/mol. The van der Waals surface area contributed by atoms with Crippen LogP contribution >= 0.6 is 0 Å². The Balaban J connectivity index is 2.08. The summed E-state index contributed by atoms with van der Waals surface area (Å²) in [4.78, 5) is 34.9. The number of halogens is 3. The van der Waals surface area contributed by atoms with Crippen LogP contribution in [-0.2, 0) is 12.7 Å². The Morgan fingerprint density at radius 3 is 2.57 bits per heavy atom. The van der Waals surface area contributed by atoms with E-state index in [0.29, 0.717) is 5.69 Å². The minimum Gasteiger partial charge on any atom is -0.350 e. The number of carbonyl (C=O) groups is 1. The molecule has 0 spiro atoms. The Labute approximate surface area is 167 Å². The lowest BCUT2D eigenvalue weighted by molar-refractivity contribution is -0.136. The second-order valence-electron chi connectivity index (χ2n) is 6.28. The van der Waals surface area contributed by atoms with Gasteiger partial charge in [0.15, 0.2) is 5.43 Å². The number of aromatic amines is 1. The SMILES string of the molecule is N=CC(C=N)c1cc(C(F)(F)F)c2[nH]c(C(=O)NCc3ccncn3)cc(=O)c2c1. The fraction of sp³-hybridized carbons (Fsp3) is 0.158. The number of aromatic nitrogens is 3. The molecule has 0 unspecified atom stereocenters. The molecule has 3 aromatic rings. The summed E-state index contributed by atoms with van der Waals surface area (Å²) in [5.41, 5.74) is -2.38. The van der Waals surface area contributed by atoms with E-state index in [1.807, 2.05) is 0 Å². The first-order chi connectivity index (χ1) is 14.2. The lowest BCUT2D eigenvalue weighted by atomic mass is 9.95. The van der Waals surface area contributed by atoms with E-state index in [1.165, 1.54) is 18.6 Å². The molecule has 0 aliphatic heterocycles. The number of hydrogen-bond acceptors (Lipinski definition) is 6. The Bertz CT molecular complexity index is 1170. The summed E-state index contributed by atoms with van der Waals surface area (Å²) in [6, 6.07) is 4.41. The molecule has 3 rings (SSSR count). The topological polar surface area (TPSA) is 135 Å². The minimum atomic E-state index is -4.83. The molecule has 2 heterocycles. The Morgan fingerprint density at radius 1 is 1.23 bits per heavy atom. The molecule has 4 N–H and O–H groups in total. The molecule has 30 heavy (non-hydrogen) atoms. The predicted octanol–water partition coefficient (Wildman–Crippen LogP) is 2.65. The molecular weight excluding hydrogens is 401 g/mol. The number of pyridine rings is 1. The van der Waals surface area contributed by atoms with Crippen LogP contribution in [0.15, 0.2) is 41.6 Å². The average Bonchev–Trinajstić information content (AvgIpc) is 2.72. The third-order valence-electron chi connectivity index (χ3n) is 4.33. The van der Waals surface area contributed by atoms with Gasteiger partial charge in [0.1, 0.15) is 12.0 Å². The smallest absolute Gasteiger partial charge is 0.350 e. The molecule has 2 aromatic heterocycles. The second-order valence-corrected chi connectivity index (χ2v) is 6.28. The molecule has 0 saturated carbocycles. The molecule has 11 heteroatoms. The lowest BCUT2D eigenvalue weighted by Crippen LogP contribution is -2.26. The maximum absolute atomic E-state index is 13.7. The number of alkyl halides is 3. The summed E-state index contributed by atoms with van der Waals surface area (Å²) in [5.74, 6) is -1.78. The van der Waals surface area contributed by atoms with Crippen LogP contribution in [0, 0.1) is 10.8 Å². The molecular formula is C19H15F3N6O2. The largest absolute Gasteiger partial charge is 0.418 e. The molecule has 8 nitrogen and oxygen atoms in total.